The Morgan fingerprint density at radius 1 is 1.29 bits per heavy atom. The molecule has 0 fully saturated rings. The van der Waals surface area contributed by atoms with Gasteiger partial charge in [-0.3, -0.25) is 0 Å². The zero-order valence-corrected chi connectivity index (χ0v) is 10.6. The Balaban J connectivity index is 3.36. The van der Waals surface area contributed by atoms with E-state index in [0.29, 0.717) is 12.8 Å². The van der Waals surface area contributed by atoms with Crippen molar-refractivity contribution in [2.75, 3.05) is 19.5 Å². The maximum Gasteiger partial charge on any atom is 0.339 e. The van der Waals surface area contributed by atoms with E-state index >= 15 is 0 Å². The summed E-state index contributed by atoms with van der Waals surface area (Å²) in [6, 6.07) is 0. The third kappa shape index (κ3) is 2.91. The van der Waals surface area contributed by atoms with Crippen LogP contribution >= 0.6 is 0 Å². The number of aryl methyl sites for hydroxylation is 1. The number of aromatic carboxylic acids is 1. The number of nitrogens with one attached hydrogen (secondary N) is 1. The summed E-state index contributed by atoms with van der Waals surface area (Å²) in [7, 11) is 3.54. The minimum atomic E-state index is -0.976. The molecule has 0 unspecified atom stereocenters. The van der Waals surface area contributed by atoms with Crippen LogP contribution in [-0.4, -0.2) is 40.4 Å². The van der Waals surface area contributed by atoms with Crippen molar-refractivity contribution in [2.24, 2.45) is 0 Å². The molecule has 1 aromatic heterocycles. The molecule has 0 aromatic carbocycles. The van der Waals surface area contributed by atoms with Crippen LogP contribution in [0.5, 0.6) is 0 Å². The van der Waals surface area contributed by atoms with Gasteiger partial charge < -0.3 is 10.5 Å². The van der Waals surface area contributed by atoms with Gasteiger partial charge in [-0.15, -0.1) is 5.10 Å². The molecular weight excluding hydrogens is 220 g/mol. The van der Waals surface area contributed by atoms with E-state index in [1.165, 1.54) is 0 Å². The van der Waals surface area contributed by atoms with Gasteiger partial charge in [0.05, 0.1) is 5.69 Å². The number of nitrogens with zero attached hydrogens (tertiary/aromatic N) is 3. The highest BCUT2D eigenvalue weighted by Gasteiger charge is 2.20. The summed E-state index contributed by atoms with van der Waals surface area (Å²) < 4.78 is 0. The normalized spacial score (nSPS) is 10.6. The Hall–Kier alpha value is -1.69. The van der Waals surface area contributed by atoms with Crippen LogP contribution in [-0.2, 0) is 12.8 Å². The lowest BCUT2D eigenvalue weighted by Gasteiger charge is -2.17. The van der Waals surface area contributed by atoms with Crippen molar-refractivity contribution < 1.29 is 9.90 Å². The fourth-order valence-electron chi connectivity index (χ4n) is 1.69. The van der Waals surface area contributed by atoms with Crippen LogP contribution in [0.1, 0.15) is 35.5 Å². The molecule has 94 valence electrons. The molecule has 0 saturated carbocycles. The Morgan fingerprint density at radius 2 is 1.94 bits per heavy atom. The van der Waals surface area contributed by atoms with Gasteiger partial charge in [-0.25, -0.2) is 9.80 Å². The maximum absolute atomic E-state index is 11.3. The molecule has 1 heterocycles. The second-order valence-corrected chi connectivity index (χ2v) is 3.87. The van der Waals surface area contributed by atoms with E-state index in [0.717, 1.165) is 11.3 Å². The molecule has 1 rings (SSSR count). The van der Waals surface area contributed by atoms with Crippen molar-refractivity contribution in [1.29, 1.82) is 0 Å². The molecular formula is C11H18N4O2. The molecule has 0 aliphatic rings. The predicted octanol–water partition coefficient (Wildman–Crippen LogP) is 1.19. The summed E-state index contributed by atoms with van der Waals surface area (Å²) in [5.74, 6) is -0.688. The van der Waals surface area contributed by atoms with Crippen LogP contribution in [0.2, 0.25) is 0 Å². The van der Waals surface area contributed by atoms with E-state index in [-0.39, 0.29) is 11.4 Å². The highest BCUT2D eigenvalue weighted by atomic mass is 16.4. The summed E-state index contributed by atoms with van der Waals surface area (Å²) in [6.45, 7) is 3.86. The summed E-state index contributed by atoms with van der Waals surface area (Å²) >= 11 is 0. The van der Waals surface area contributed by atoms with E-state index in [9.17, 15) is 9.90 Å². The number of hydrazine groups is 1. The van der Waals surface area contributed by atoms with Crippen molar-refractivity contribution in [1.82, 2.24) is 15.2 Å². The number of hydrogen-bond donors (Lipinski definition) is 2. The maximum atomic E-state index is 11.3. The molecule has 0 saturated heterocycles. The van der Waals surface area contributed by atoms with Crippen LogP contribution in [0.15, 0.2) is 0 Å². The summed E-state index contributed by atoms with van der Waals surface area (Å²) in [5, 5.41) is 18.9. The van der Waals surface area contributed by atoms with E-state index in [4.69, 9.17) is 0 Å². The van der Waals surface area contributed by atoms with Crippen molar-refractivity contribution in [3.05, 3.63) is 16.8 Å². The van der Waals surface area contributed by atoms with Gasteiger partial charge in [-0.2, -0.15) is 5.10 Å². The van der Waals surface area contributed by atoms with Crippen LogP contribution in [0, 0.1) is 0 Å². The molecule has 17 heavy (non-hydrogen) atoms. The fourth-order valence-corrected chi connectivity index (χ4v) is 1.69. The Kier molecular flexibility index (Phi) is 4.39. The van der Waals surface area contributed by atoms with Crippen LogP contribution in [0.3, 0.4) is 0 Å². The minimum absolute atomic E-state index is 0.216. The van der Waals surface area contributed by atoms with Gasteiger partial charge in [0.2, 0.25) is 0 Å². The Bertz CT molecular complexity index is 418. The monoisotopic (exact) mass is 238 g/mol. The van der Waals surface area contributed by atoms with Gasteiger partial charge in [-0.1, -0.05) is 13.8 Å². The highest BCUT2D eigenvalue weighted by molar-refractivity contribution is 5.94. The first kappa shape index (κ1) is 13.4. The molecule has 0 aliphatic heterocycles. The quantitative estimate of drug-likeness (QED) is 0.750. The van der Waals surface area contributed by atoms with Crippen LogP contribution in [0.25, 0.3) is 0 Å². The van der Waals surface area contributed by atoms with Crippen molar-refractivity contribution in [2.45, 2.75) is 26.7 Å². The van der Waals surface area contributed by atoms with Crippen molar-refractivity contribution in [3.63, 3.8) is 0 Å². The first-order valence-corrected chi connectivity index (χ1v) is 5.56. The summed E-state index contributed by atoms with van der Waals surface area (Å²) in [6.07, 6.45) is 1.31. The first-order chi connectivity index (χ1) is 8.01. The number of aromatic nitrogens is 2. The summed E-state index contributed by atoms with van der Waals surface area (Å²) in [5.41, 5.74) is 4.57. The summed E-state index contributed by atoms with van der Waals surface area (Å²) in [4.78, 5) is 11.3. The van der Waals surface area contributed by atoms with Gasteiger partial charge >= 0.3 is 5.97 Å². The molecule has 1 aromatic rings. The molecule has 2 N–H and O–H groups in total. The average Bonchev–Trinajstić information content (AvgIpc) is 2.26. The second kappa shape index (κ2) is 5.58. The molecule has 0 atom stereocenters. The number of carboxylic acid groups (broad SMARTS) is 1. The lowest BCUT2D eigenvalue weighted by molar-refractivity contribution is 0.0695. The second-order valence-electron chi connectivity index (χ2n) is 3.87. The standard InChI is InChI=1S/C11H18N4O2/c1-5-7-8(6-2)12-13-10(14-15(3)4)9(7)11(16)17/h5-6H2,1-4H3,(H,13,14)(H,16,17). The zero-order valence-electron chi connectivity index (χ0n) is 10.6. The predicted molar refractivity (Wildman–Crippen MR) is 65.1 cm³/mol. The number of anilines is 1. The van der Waals surface area contributed by atoms with E-state index in [1.54, 1.807) is 19.1 Å². The minimum Gasteiger partial charge on any atom is -0.478 e. The SMILES string of the molecule is CCc1nnc(NN(C)C)c(C(=O)O)c1CC. The third-order valence-corrected chi connectivity index (χ3v) is 2.39. The number of carbonyl (C=O) groups is 1. The average molecular weight is 238 g/mol. The molecule has 6 nitrogen and oxygen atoms in total. The molecule has 0 bridgehead atoms. The molecule has 0 spiro atoms. The number of hydrogen-bond acceptors (Lipinski definition) is 5. The molecule has 0 radical (unpaired) electrons. The topological polar surface area (TPSA) is 78.4 Å². The Labute approximate surface area is 101 Å². The van der Waals surface area contributed by atoms with Gasteiger partial charge in [0, 0.05) is 14.1 Å². The van der Waals surface area contributed by atoms with Gasteiger partial charge in [0.1, 0.15) is 5.56 Å². The lowest BCUT2D eigenvalue weighted by Crippen LogP contribution is -2.24. The van der Waals surface area contributed by atoms with Crippen LogP contribution in [0.4, 0.5) is 5.82 Å². The van der Waals surface area contributed by atoms with Gasteiger partial charge in [0.25, 0.3) is 0 Å². The van der Waals surface area contributed by atoms with E-state index in [1.807, 2.05) is 13.8 Å². The van der Waals surface area contributed by atoms with E-state index in [2.05, 4.69) is 15.6 Å². The third-order valence-electron chi connectivity index (χ3n) is 2.39. The molecule has 0 aliphatic carbocycles. The smallest absolute Gasteiger partial charge is 0.339 e. The zero-order chi connectivity index (χ0) is 13.0. The first-order valence-electron chi connectivity index (χ1n) is 5.56. The van der Waals surface area contributed by atoms with Gasteiger partial charge in [-0.05, 0) is 18.4 Å². The van der Waals surface area contributed by atoms with Crippen molar-refractivity contribution >= 4 is 11.8 Å². The number of rotatable bonds is 5. The lowest BCUT2D eigenvalue weighted by atomic mass is 10.0. The van der Waals surface area contributed by atoms with Gasteiger partial charge in [0.15, 0.2) is 5.82 Å². The largest absolute Gasteiger partial charge is 0.478 e. The fraction of sp³-hybridized carbons (Fsp3) is 0.545. The Morgan fingerprint density at radius 3 is 2.35 bits per heavy atom. The van der Waals surface area contributed by atoms with Crippen LogP contribution < -0.4 is 5.43 Å². The van der Waals surface area contributed by atoms with E-state index < -0.39 is 5.97 Å². The molecule has 0 amide bonds. The van der Waals surface area contributed by atoms with Crippen molar-refractivity contribution in [3.8, 4) is 0 Å². The highest BCUT2D eigenvalue weighted by Crippen LogP contribution is 2.20. The molecule has 6 heteroatoms. The number of carboxylic acids is 1.